The molecule has 32 heavy (non-hydrogen) atoms. The molecule has 0 bridgehead atoms. The lowest BCUT2D eigenvalue weighted by Gasteiger charge is -2.36. The number of carbonyl (C=O) groups is 2. The third-order valence-electron chi connectivity index (χ3n) is 5.66. The van der Waals surface area contributed by atoms with Crippen LogP contribution in [0.2, 0.25) is 0 Å². The predicted molar refractivity (Wildman–Crippen MR) is 129 cm³/mol. The van der Waals surface area contributed by atoms with Crippen LogP contribution in [-0.4, -0.2) is 28.9 Å². The van der Waals surface area contributed by atoms with Crippen molar-refractivity contribution in [2.75, 3.05) is 6.54 Å². The Hall–Kier alpha value is -2.67. The Morgan fingerprint density at radius 1 is 1.25 bits per heavy atom. The molecule has 0 radical (unpaired) electrons. The van der Waals surface area contributed by atoms with E-state index in [1.807, 2.05) is 36.6 Å². The number of nitrogens with zero attached hydrogens (tertiary/aromatic N) is 1. The zero-order valence-electron chi connectivity index (χ0n) is 19.0. The summed E-state index contributed by atoms with van der Waals surface area (Å²) in [6, 6.07) is 7.58. The van der Waals surface area contributed by atoms with E-state index in [0.29, 0.717) is 26.0 Å². The molecule has 0 spiro atoms. The molecule has 1 aliphatic carbocycles. The third kappa shape index (κ3) is 6.92. The molecule has 1 fully saturated rings. The second-order valence-electron chi connectivity index (χ2n) is 8.29. The lowest BCUT2D eigenvalue weighted by Crippen LogP contribution is -2.59. The van der Waals surface area contributed by atoms with Crippen molar-refractivity contribution in [2.45, 2.75) is 70.9 Å². The van der Waals surface area contributed by atoms with Crippen LogP contribution < -0.4 is 15.4 Å². The Morgan fingerprint density at radius 2 is 2.06 bits per heavy atom. The number of nitrogens with one attached hydrogen (secondary N) is 2. The van der Waals surface area contributed by atoms with Gasteiger partial charge in [0, 0.05) is 18.0 Å². The number of hydrogen-bond donors (Lipinski definition) is 2. The summed E-state index contributed by atoms with van der Waals surface area (Å²) in [5.74, 6) is 0.416. The number of amides is 2. The standard InChI is InChI=1S/C25H33N3O3S/c1-3-4-15-26-24(30)25(13-6-5-7-14-25)28-23(29)12-11-20-9-8-10-22(16-20)31-17-21-18-32-19(2)27-21/h8-12,16,18H,3-7,13-15,17H2,1-2H3,(H,26,30)(H,28,29)/b12-11+. The number of rotatable bonds is 10. The van der Waals surface area contributed by atoms with Gasteiger partial charge in [-0.3, -0.25) is 9.59 Å². The molecule has 0 atom stereocenters. The first-order valence-corrected chi connectivity index (χ1v) is 12.3. The molecule has 0 aliphatic heterocycles. The molecule has 172 valence electrons. The van der Waals surface area contributed by atoms with Crippen molar-refractivity contribution in [3.05, 3.63) is 52.0 Å². The summed E-state index contributed by atoms with van der Waals surface area (Å²) in [4.78, 5) is 30.0. The van der Waals surface area contributed by atoms with Crippen LogP contribution in [0.1, 0.15) is 68.1 Å². The minimum Gasteiger partial charge on any atom is -0.487 e. The van der Waals surface area contributed by atoms with Gasteiger partial charge in [0.1, 0.15) is 17.9 Å². The molecule has 1 aliphatic rings. The Kier molecular flexibility index (Phi) is 8.85. The van der Waals surface area contributed by atoms with E-state index in [9.17, 15) is 9.59 Å². The largest absolute Gasteiger partial charge is 0.487 e. The number of thiazole rings is 1. The Labute approximate surface area is 194 Å². The molecule has 0 saturated heterocycles. The van der Waals surface area contributed by atoms with Crippen molar-refractivity contribution in [1.82, 2.24) is 15.6 Å². The van der Waals surface area contributed by atoms with Crippen molar-refractivity contribution in [1.29, 1.82) is 0 Å². The van der Waals surface area contributed by atoms with Gasteiger partial charge < -0.3 is 15.4 Å². The molecule has 2 N–H and O–H groups in total. The summed E-state index contributed by atoms with van der Waals surface area (Å²) in [5, 5.41) is 9.03. The molecule has 1 aromatic carbocycles. The predicted octanol–water partition coefficient (Wildman–Crippen LogP) is 4.78. The molecule has 2 aromatic rings. The molecular weight excluding hydrogens is 422 g/mol. The maximum atomic E-state index is 12.9. The Bertz CT molecular complexity index is 932. The van der Waals surface area contributed by atoms with E-state index in [1.54, 1.807) is 17.4 Å². The van der Waals surface area contributed by atoms with Gasteiger partial charge in [-0.05, 0) is 50.0 Å². The fourth-order valence-corrected chi connectivity index (χ4v) is 4.50. The maximum Gasteiger partial charge on any atom is 0.245 e. The van der Waals surface area contributed by atoms with Crippen molar-refractivity contribution in [2.24, 2.45) is 0 Å². The van der Waals surface area contributed by atoms with Gasteiger partial charge in [0.05, 0.1) is 10.7 Å². The molecule has 1 saturated carbocycles. The van der Waals surface area contributed by atoms with Crippen molar-refractivity contribution in [3.63, 3.8) is 0 Å². The van der Waals surface area contributed by atoms with Gasteiger partial charge in [-0.25, -0.2) is 4.98 Å². The quantitative estimate of drug-likeness (QED) is 0.399. The number of aromatic nitrogens is 1. The first kappa shape index (κ1) is 24.0. The second kappa shape index (κ2) is 11.8. The van der Waals surface area contributed by atoms with E-state index < -0.39 is 5.54 Å². The minimum atomic E-state index is -0.802. The van der Waals surface area contributed by atoms with Gasteiger partial charge in [-0.1, -0.05) is 44.7 Å². The second-order valence-corrected chi connectivity index (χ2v) is 9.36. The van der Waals surface area contributed by atoms with E-state index in [0.717, 1.165) is 54.1 Å². The molecule has 6 nitrogen and oxygen atoms in total. The first-order chi connectivity index (χ1) is 15.5. The highest BCUT2D eigenvalue weighted by atomic mass is 32.1. The zero-order valence-corrected chi connectivity index (χ0v) is 19.8. The average Bonchev–Trinajstić information content (AvgIpc) is 3.22. The maximum absolute atomic E-state index is 12.9. The number of benzene rings is 1. The summed E-state index contributed by atoms with van der Waals surface area (Å²) in [6.07, 6.45) is 9.58. The minimum absolute atomic E-state index is 0.0555. The normalized spacial score (nSPS) is 15.4. The number of ether oxygens (including phenoxy) is 1. The molecule has 7 heteroatoms. The van der Waals surface area contributed by atoms with Gasteiger partial charge in [-0.2, -0.15) is 0 Å². The van der Waals surface area contributed by atoms with Gasteiger partial charge in [0.2, 0.25) is 11.8 Å². The van der Waals surface area contributed by atoms with E-state index >= 15 is 0 Å². The fraction of sp³-hybridized carbons (Fsp3) is 0.480. The molecule has 2 amide bonds. The average molecular weight is 456 g/mol. The van der Waals surface area contributed by atoms with Crippen LogP contribution in [0.15, 0.2) is 35.7 Å². The molecule has 1 aromatic heterocycles. The Balaban J connectivity index is 1.59. The van der Waals surface area contributed by atoms with Gasteiger partial charge >= 0.3 is 0 Å². The molecule has 3 rings (SSSR count). The van der Waals surface area contributed by atoms with Crippen LogP contribution >= 0.6 is 11.3 Å². The van der Waals surface area contributed by atoms with Crippen molar-refractivity contribution < 1.29 is 14.3 Å². The fourth-order valence-electron chi connectivity index (χ4n) is 3.90. The van der Waals surface area contributed by atoms with Crippen LogP contribution in [0.25, 0.3) is 6.08 Å². The lowest BCUT2D eigenvalue weighted by molar-refractivity contribution is -0.133. The van der Waals surface area contributed by atoms with E-state index in [-0.39, 0.29) is 11.8 Å². The van der Waals surface area contributed by atoms with E-state index in [4.69, 9.17) is 4.74 Å². The number of hydrogen-bond acceptors (Lipinski definition) is 5. The summed E-state index contributed by atoms with van der Waals surface area (Å²) >= 11 is 1.60. The summed E-state index contributed by atoms with van der Waals surface area (Å²) in [7, 11) is 0. The van der Waals surface area contributed by atoms with Gasteiger partial charge in [-0.15, -0.1) is 11.3 Å². The highest BCUT2D eigenvalue weighted by Crippen LogP contribution is 2.28. The molecular formula is C25H33N3O3S. The summed E-state index contributed by atoms with van der Waals surface area (Å²) < 4.78 is 5.83. The number of carbonyl (C=O) groups excluding carboxylic acids is 2. The third-order valence-corrected chi connectivity index (χ3v) is 6.48. The van der Waals surface area contributed by atoms with Gasteiger partial charge in [0.25, 0.3) is 0 Å². The highest BCUT2D eigenvalue weighted by Gasteiger charge is 2.40. The van der Waals surface area contributed by atoms with Crippen LogP contribution in [0.4, 0.5) is 0 Å². The SMILES string of the molecule is CCCCNC(=O)C1(NC(=O)/C=C/c2cccc(OCc3csc(C)n3)c2)CCCCC1. The smallest absolute Gasteiger partial charge is 0.245 e. The van der Waals surface area contributed by atoms with E-state index in [1.165, 1.54) is 6.08 Å². The topological polar surface area (TPSA) is 80.3 Å². The zero-order chi connectivity index (χ0) is 22.8. The summed E-state index contributed by atoms with van der Waals surface area (Å²) in [6.45, 7) is 5.12. The molecule has 1 heterocycles. The van der Waals surface area contributed by atoms with Crippen LogP contribution in [0.5, 0.6) is 5.75 Å². The highest BCUT2D eigenvalue weighted by molar-refractivity contribution is 7.09. The molecule has 0 unspecified atom stereocenters. The van der Waals surface area contributed by atoms with Crippen LogP contribution in [0.3, 0.4) is 0 Å². The van der Waals surface area contributed by atoms with E-state index in [2.05, 4.69) is 22.5 Å². The monoisotopic (exact) mass is 455 g/mol. The number of unbranched alkanes of at least 4 members (excludes halogenated alkanes) is 1. The van der Waals surface area contributed by atoms with Gasteiger partial charge in [0.15, 0.2) is 0 Å². The summed E-state index contributed by atoms with van der Waals surface area (Å²) in [5.41, 5.74) is 0.962. The first-order valence-electron chi connectivity index (χ1n) is 11.4. The van der Waals surface area contributed by atoms with Crippen molar-refractivity contribution in [3.8, 4) is 5.75 Å². The number of aryl methyl sites for hydroxylation is 1. The lowest BCUT2D eigenvalue weighted by atomic mass is 9.80. The van der Waals surface area contributed by atoms with Crippen LogP contribution in [0, 0.1) is 6.92 Å². The Morgan fingerprint density at radius 3 is 2.78 bits per heavy atom. The van der Waals surface area contributed by atoms with Crippen molar-refractivity contribution >= 4 is 29.2 Å². The van der Waals surface area contributed by atoms with Crippen LogP contribution in [-0.2, 0) is 16.2 Å².